The number of aliphatic imine (C=N–C) groups is 1. The Labute approximate surface area is 98.5 Å². The van der Waals surface area contributed by atoms with Gasteiger partial charge < -0.3 is 0 Å². The topological polar surface area (TPSA) is 29.4 Å². The summed E-state index contributed by atoms with van der Waals surface area (Å²) < 4.78 is 0. The highest BCUT2D eigenvalue weighted by atomic mass is 16.1. The predicted octanol–water partition coefficient (Wildman–Crippen LogP) is 3.11. The monoisotopic (exact) mass is 221 g/mol. The lowest BCUT2D eigenvalue weighted by Crippen LogP contribution is -2.25. The van der Waals surface area contributed by atoms with Crippen LogP contribution in [0.4, 0.5) is 0 Å². The molecule has 2 heteroatoms. The smallest absolute Gasteiger partial charge is 0.142 e. The van der Waals surface area contributed by atoms with Gasteiger partial charge in [-0.25, -0.2) is 0 Å². The second kappa shape index (κ2) is 3.68. The number of hydrogen-bond acceptors (Lipinski definition) is 2. The van der Waals surface area contributed by atoms with Crippen molar-refractivity contribution < 1.29 is 4.79 Å². The van der Waals surface area contributed by atoms with E-state index in [1.54, 1.807) is 0 Å². The predicted molar refractivity (Wildman–Crippen MR) is 66.7 cm³/mol. The van der Waals surface area contributed by atoms with Crippen LogP contribution >= 0.6 is 0 Å². The van der Waals surface area contributed by atoms with Gasteiger partial charge in [0, 0.05) is 18.2 Å². The molecule has 0 heterocycles. The van der Waals surface area contributed by atoms with Crippen molar-refractivity contribution in [2.75, 3.05) is 0 Å². The second-order valence-corrected chi connectivity index (χ2v) is 6.13. The highest BCUT2D eigenvalue weighted by molar-refractivity contribution is 6.07. The fourth-order valence-corrected chi connectivity index (χ4v) is 3.39. The lowest BCUT2D eigenvalue weighted by Gasteiger charge is -2.17. The van der Waals surface area contributed by atoms with Gasteiger partial charge in [0.15, 0.2) is 0 Å². The summed E-state index contributed by atoms with van der Waals surface area (Å²) in [6, 6.07) is 0.355. The van der Waals surface area contributed by atoms with E-state index in [9.17, 15) is 4.79 Å². The Kier molecular flexibility index (Phi) is 2.72. The molecule has 90 valence electrons. The summed E-state index contributed by atoms with van der Waals surface area (Å²) in [6.45, 7) is 10.9. The molecule has 1 unspecified atom stereocenters. The maximum atomic E-state index is 11.9. The molecule has 2 aliphatic rings. The lowest BCUT2D eigenvalue weighted by atomic mass is 9.89. The molecule has 0 bridgehead atoms. The average Bonchev–Trinajstić information content (AvgIpc) is 2.61. The molecule has 4 atom stereocenters. The summed E-state index contributed by atoms with van der Waals surface area (Å²) in [5.74, 6) is 1.77. The Morgan fingerprint density at radius 2 is 2.19 bits per heavy atom. The van der Waals surface area contributed by atoms with Crippen molar-refractivity contribution in [3.8, 4) is 0 Å². The van der Waals surface area contributed by atoms with Crippen LogP contribution < -0.4 is 0 Å². The van der Waals surface area contributed by atoms with Gasteiger partial charge in [-0.3, -0.25) is 9.79 Å². The van der Waals surface area contributed by atoms with Crippen LogP contribution in [-0.4, -0.2) is 17.5 Å². The summed E-state index contributed by atoms with van der Waals surface area (Å²) in [4.78, 5) is 16.6. The zero-order valence-electron chi connectivity index (χ0n) is 11.1. The molecule has 16 heavy (non-hydrogen) atoms. The number of carbonyl (C=O) groups is 1. The molecule has 0 aromatic carbocycles. The van der Waals surface area contributed by atoms with Crippen LogP contribution in [0.3, 0.4) is 0 Å². The molecule has 0 saturated heterocycles. The third-order valence-corrected chi connectivity index (χ3v) is 4.73. The molecule has 2 aliphatic carbocycles. The van der Waals surface area contributed by atoms with Crippen molar-refractivity contribution in [1.29, 1.82) is 0 Å². The molecule has 2 rings (SSSR count). The lowest BCUT2D eigenvalue weighted by molar-refractivity contribution is -0.120. The Balaban J connectivity index is 2.15. The standard InChI is InChI=1S/C14H23NO/c1-6-8(2)15-9(3)12-11(16)7-10-13(12)14(10,4)5/h8,10,12-13H,6-7H2,1-5H3/t8-,10+,12?,13+/m0/s1. The number of nitrogens with zero attached hydrogens (tertiary/aromatic N) is 1. The molecule has 0 N–H and O–H groups in total. The second-order valence-electron chi connectivity index (χ2n) is 6.13. The Morgan fingerprint density at radius 3 is 2.69 bits per heavy atom. The maximum Gasteiger partial charge on any atom is 0.142 e. The molecular weight excluding hydrogens is 198 g/mol. The Hall–Kier alpha value is -0.660. The third-order valence-electron chi connectivity index (χ3n) is 4.73. The van der Waals surface area contributed by atoms with Gasteiger partial charge in [-0.2, -0.15) is 0 Å². The first-order chi connectivity index (χ1) is 7.39. The van der Waals surface area contributed by atoms with Crippen molar-refractivity contribution in [3.05, 3.63) is 0 Å². The van der Waals surface area contributed by atoms with Gasteiger partial charge in [-0.15, -0.1) is 0 Å². The summed E-state index contributed by atoms with van der Waals surface area (Å²) in [5.41, 5.74) is 1.46. The molecule has 0 aromatic rings. The minimum absolute atomic E-state index is 0.133. The molecule has 0 aliphatic heterocycles. The largest absolute Gasteiger partial charge is 0.299 e. The third kappa shape index (κ3) is 1.63. The summed E-state index contributed by atoms with van der Waals surface area (Å²) >= 11 is 0. The SMILES string of the molecule is CC[C@H](C)N=C(C)C1C(=O)C[C@@H]2[C@H]1C2(C)C. The number of ketones is 1. The zero-order valence-corrected chi connectivity index (χ0v) is 11.1. The molecule has 0 amide bonds. The maximum absolute atomic E-state index is 11.9. The van der Waals surface area contributed by atoms with Crippen molar-refractivity contribution >= 4 is 11.5 Å². The van der Waals surface area contributed by atoms with E-state index in [0.717, 1.165) is 18.6 Å². The van der Waals surface area contributed by atoms with E-state index < -0.39 is 0 Å². The quantitative estimate of drug-likeness (QED) is 0.673. The fraction of sp³-hybridized carbons (Fsp3) is 0.857. The minimum atomic E-state index is 0.133. The molecule has 2 nitrogen and oxygen atoms in total. The van der Waals surface area contributed by atoms with Crippen LogP contribution in [0.25, 0.3) is 0 Å². The summed E-state index contributed by atoms with van der Waals surface area (Å²) in [5, 5.41) is 0. The molecule has 2 saturated carbocycles. The first kappa shape index (κ1) is 11.8. The van der Waals surface area contributed by atoms with Gasteiger partial charge in [0.2, 0.25) is 0 Å². The highest BCUT2D eigenvalue weighted by Crippen LogP contribution is 2.68. The van der Waals surface area contributed by atoms with E-state index in [1.165, 1.54) is 0 Å². The van der Waals surface area contributed by atoms with Gasteiger partial charge in [-0.1, -0.05) is 20.8 Å². The Bertz CT molecular complexity index is 343. The minimum Gasteiger partial charge on any atom is -0.299 e. The van der Waals surface area contributed by atoms with Crippen LogP contribution in [0.15, 0.2) is 4.99 Å². The number of Topliss-reactive ketones (excluding diaryl/α,β-unsaturated/α-hetero) is 1. The van der Waals surface area contributed by atoms with E-state index in [0.29, 0.717) is 29.1 Å². The van der Waals surface area contributed by atoms with Gasteiger partial charge in [0.1, 0.15) is 5.78 Å². The van der Waals surface area contributed by atoms with Crippen molar-refractivity contribution in [1.82, 2.24) is 0 Å². The number of rotatable bonds is 3. The fourth-order valence-electron chi connectivity index (χ4n) is 3.39. The zero-order chi connectivity index (χ0) is 12.1. The van der Waals surface area contributed by atoms with Crippen LogP contribution in [-0.2, 0) is 4.79 Å². The van der Waals surface area contributed by atoms with Gasteiger partial charge >= 0.3 is 0 Å². The molecule has 0 spiro atoms. The van der Waals surface area contributed by atoms with Crippen LogP contribution in [0.2, 0.25) is 0 Å². The summed E-state index contributed by atoms with van der Waals surface area (Å²) in [6.07, 6.45) is 1.84. The number of carbonyl (C=O) groups excluding carboxylic acids is 1. The van der Waals surface area contributed by atoms with Crippen molar-refractivity contribution in [3.63, 3.8) is 0 Å². The molecule has 0 aromatic heterocycles. The van der Waals surface area contributed by atoms with E-state index in [1.807, 2.05) is 6.92 Å². The Morgan fingerprint density at radius 1 is 1.56 bits per heavy atom. The van der Waals surface area contributed by atoms with Gasteiger partial charge in [-0.05, 0) is 37.5 Å². The summed E-state index contributed by atoms with van der Waals surface area (Å²) in [7, 11) is 0. The van der Waals surface area contributed by atoms with Crippen LogP contribution in [0, 0.1) is 23.2 Å². The van der Waals surface area contributed by atoms with Crippen molar-refractivity contribution in [2.45, 2.75) is 53.5 Å². The van der Waals surface area contributed by atoms with E-state index >= 15 is 0 Å². The van der Waals surface area contributed by atoms with E-state index in [4.69, 9.17) is 0 Å². The average molecular weight is 221 g/mol. The van der Waals surface area contributed by atoms with E-state index in [-0.39, 0.29) is 5.92 Å². The first-order valence-electron chi connectivity index (χ1n) is 6.46. The van der Waals surface area contributed by atoms with Crippen LogP contribution in [0.5, 0.6) is 0 Å². The molecular formula is C14H23NO. The van der Waals surface area contributed by atoms with Gasteiger partial charge in [0.05, 0.1) is 5.92 Å². The molecule has 2 fully saturated rings. The highest BCUT2D eigenvalue weighted by Gasteiger charge is 2.67. The van der Waals surface area contributed by atoms with Gasteiger partial charge in [0.25, 0.3) is 0 Å². The van der Waals surface area contributed by atoms with E-state index in [2.05, 4.69) is 32.7 Å². The van der Waals surface area contributed by atoms with Crippen LogP contribution in [0.1, 0.15) is 47.5 Å². The molecule has 0 radical (unpaired) electrons. The first-order valence-corrected chi connectivity index (χ1v) is 6.46. The van der Waals surface area contributed by atoms with Crippen molar-refractivity contribution in [2.24, 2.45) is 28.2 Å². The normalized spacial score (nSPS) is 38.4. The number of hydrogen-bond donors (Lipinski definition) is 0. The number of fused-ring (bicyclic) bond motifs is 1.